The minimum atomic E-state index is 0.156. The number of rotatable bonds is 1. The molecule has 0 amide bonds. The van der Waals surface area contributed by atoms with Crippen LogP contribution in [-0.4, -0.2) is 35.4 Å². The molecule has 0 unspecified atom stereocenters. The minimum Gasteiger partial charge on any atom is -0.352 e. The molecular formula is C11H18N4. The molecule has 1 aliphatic rings. The van der Waals surface area contributed by atoms with E-state index in [-0.39, 0.29) is 5.54 Å². The van der Waals surface area contributed by atoms with Crippen LogP contribution in [0.4, 0.5) is 5.82 Å². The summed E-state index contributed by atoms with van der Waals surface area (Å²) in [4.78, 5) is 2.29. The van der Waals surface area contributed by atoms with Crippen molar-refractivity contribution in [3.05, 3.63) is 17.8 Å². The van der Waals surface area contributed by atoms with Crippen LogP contribution in [0.25, 0.3) is 0 Å². The largest absolute Gasteiger partial charge is 0.352 e. The van der Waals surface area contributed by atoms with E-state index in [1.54, 1.807) is 6.20 Å². The molecule has 0 radical (unpaired) electrons. The third-order valence-electron chi connectivity index (χ3n) is 2.67. The van der Waals surface area contributed by atoms with Crippen molar-refractivity contribution in [2.24, 2.45) is 0 Å². The molecule has 0 bridgehead atoms. The highest BCUT2D eigenvalue weighted by Crippen LogP contribution is 2.17. The standard InChI is InChI=1S/C11H18N4/c1-9-6-10(14-13-7-9)15-5-4-12-11(2,3)8-15/h6-7,12H,4-5,8H2,1-3H3. The lowest BCUT2D eigenvalue weighted by atomic mass is 10.0. The third-order valence-corrected chi connectivity index (χ3v) is 2.67. The number of piperazine rings is 1. The summed E-state index contributed by atoms with van der Waals surface area (Å²) >= 11 is 0. The molecule has 15 heavy (non-hydrogen) atoms. The molecule has 4 nitrogen and oxygen atoms in total. The number of aryl methyl sites for hydroxylation is 1. The molecule has 1 N–H and O–H groups in total. The van der Waals surface area contributed by atoms with Gasteiger partial charge in [0.25, 0.3) is 0 Å². The Hall–Kier alpha value is -1.16. The normalized spacial score (nSPS) is 20.3. The first-order chi connectivity index (χ1) is 7.07. The van der Waals surface area contributed by atoms with Crippen LogP contribution in [0.1, 0.15) is 19.4 Å². The maximum absolute atomic E-state index is 4.18. The Morgan fingerprint density at radius 1 is 1.47 bits per heavy atom. The number of nitrogens with zero attached hydrogens (tertiary/aromatic N) is 3. The van der Waals surface area contributed by atoms with E-state index in [1.165, 1.54) is 0 Å². The van der Waals surface area contributed by atoms with Crippen LogP contribution < -0.4 is 10.2 Å². The zero-order chi connectivity index (χ0) is 10.9. The summed E-state index contributed by atoms with van der Waals surface area (Å²) in [5.74, 6) is 0.990. The quantitative estimate of drug-likeness (QED) is 0.743. The summed E-state index contributed by atoms with van der Waals surface area (Å²) in [7, 11) is 0. The Kier molecular flexibility index (Phi) is 2.61. The molecular weight excluding hydrogens is 188 g/mol. The fourth-order valence-electron chi connectivity index (χ4n) is 1.94. The predicted octanol–water partition coefficient (Wildman–Crippen LogP) is 0.973. The van der Waals surface area contributed by atoms with E-state index in [1.807, 2.05) is 6.92 Å². The second-order valence-electron chi connectivity index (χ2n) is 4.82. The molecule has 82 valence electrons. The van der Waals surface area contributed by atoms with E-state index in [4.69, 9.17) is 0 Å². The van der Waals surface area contributed by atoms with Crippen molar-refractivity contribution < 1.29 is 0 Å². The van der Waals surface area contributed by atoms with Crippen molar-refractivity contribution in [1.82, 2.24) is 15.5 Å². The fourth-order valence-corrected chi connectivity index (χ4v) is 1.94. The van der Waals surface area contributed by atoms with Gasteiger partial charge in [-0.3, -0.25) is 0 Å². The number of nitrogens with one attached hydrogen (secondary N) is 1. The molecule has 1 saturated heterocycles. The summed E-state index contributed by atoms with van der Waals surface area (Å²) in [6.07, 6.45) is 1.79. The van der Waals surface area contributed by atoms with Crippen LogP contribution in [0.2, 0.25) is 0 Å². The Morgan fingerprint density at radius 2 is 2.27 bits per heavy atom. The smallest absolute Gasteiger partial charge is 0.151 e. The first-order valence-electron chi connectivity index (χ1n) is 5.36. The first kappa shape index (κ1) is 10.4. The summed E-state index contributed by atoms with van der Waals surface area (Å²) in [5.41, 5.74) is 1.32. The first-order valence-corrected chi connectivity index (χ1v) is 5.36. The van der Waals surface area contributed by atoms with Gasteiger partial charge in [0, 0.05) is 25.2 Å². The number of anilines is 1. The number of hydrogen-bond acceptors (Lipinski definition) is 4. The maximum Gasteiger partial charge on any atom is 0.151 e. The van der Waals surface area contributed by atoms with E-state index in [0.717, 1.165) is 31.0 Å². The highest BCUT2D eigenvalue weighted by molar-refractivity contribution is 5.40. The van der Waals surface area contributed by atoms with Crippen molar-refractivity contribution in [2.75, 3.05) is 24.5 Å². The summed E-state index contributed by atoms with van der Waals surface area (Å²) in [6, 6.07) is 2.09. The van der Waals surface area contributed by atoms with Crippen molar-refractivity contribution >= 4 is 5.82 Å². The molecule has 0 saturated carbocycles. The molecule has 1 aliphatic heterocycles. The Labute approximate surface area is 90.7 Å². The zero-order valence-corrected chi connectivity index (χ0v) is 9.62. The summed E-state index contributed by atoms with van der Waals surface area (Å²) in [6.45, 7) is 9.45. The van der Waals surface area contributed by atoms with Gasteiger partial charge in [0.15, 0.2) is 5.82 Å². The Balaban J connectivity index is 2.17. The SMILES string of the molecule is Cc1cnnc(N2CCNC(C)(C)C2)c1. The molecule has 2 rings (SSSR count). The monoisotopic (exact) mass is 206 g/mol. The average Bonchev–Trinajstić information content (AvgIpc) is 2.16. The average molecular weight is 206 g/mol. The van der Waals surface area contributed by atoms with E-state index in [2.05, 4.69) is 40.3 Å². The van der Waals surface area contributed by atoms with Crippen molar-refractivity contribution in [1.29, 1.82) is 0 Å². The zero-order valence-electron chi connectivity index (χ0n) is 9.62. The molecule has 2 heterocycles. The maximum atomic E-state index is 4.18. The molecule has 1 aromatic rings. The van der Waals surface area contributed by atoms with Gasteiger partial charge in [0.1, 0.15) is 0 Å². The number of hydrogen-bond donors (Lipinski definition) is 1. The second kappa shape index (κ2) is 3.77. The van der Waals surface area contributed by atoms with Crippen molar-refractivity contribution in [2.45, 2.75) is 26.3 Å². The fraction of sp³-hybridized carbons (Fsp3) is 0.636. The van der Waals surface area contributed by atoms with Gasteiger partial charge in [0.2, 0.25) is 0 Å². The minimum absolute atomic E-state index is 0.156. The molecule has 1 fully saturated rings. The molecule has 0 spiro atoms. The molecule has 4 heteroatoms. The topological polar surface area (TPSA) is 41.1 Å². The van der Waals surface area contributed by atoms with Crippen molar-refractivity contribution in [3.8, 4) is 0 Å². The lowest BCUT2D eigenvalue weighted by molar-refractivity contribution is 0.351. The van der Waals surface area contributed by atoms with Crippen LogP contribution >= 0.6 is 0 Å². The molecule has 0 aromatic carbocycles. The molecule has 0 atom stereocenters. The predicted molar refractivity (Wildman–Crippen MR) is 61.1 cm³/mol. The van der Waals surface area contributed by atoms with Crippen LogP contribution in [-0.2, 0) is 0 Å². The van der Waals surface area contributed by atoms with E-state index >= 15 is 0 Å². The van der Waals surface area contributed by atoms with E-state index in [9.17, 15) is 0 Å². The van der Waals surface area contributed by atoms with Gasteiger partial charge < -0.3 is 10.2 Å². The molecule has 1 aromatic heterocycles. The van der Waals surface area contributed by atoms with Crippen molar-refractivity contribution in [3.63, 3.8) is 0 Å². The van der Waals surface area contributed by atoms with Gasteiger partial charge in [-0.15, -0.1) is 5.10 Å². The summed E-state index contributed by atoms with van der Waals surface area (Å²) < 4.78 is 0. The van der Waals surface area contributed by atoms with Gasteiger partial charge in [-0.25, -0.2) is 0 Å². The van der Waals surface area contributed by atoms with Gasteiger partial charge >= 0.3 is 0 Å². The van der Waals surface area contributed by atoms with Gasteiger partial charge in [-0.1, -0.05) is 0 Å². The van der Waals surface area contributed by atoms with E-state index < -0.39 is 0 Å². The van der Waals surface area contributed by atoms with Crippen LogP contribution in [0, 0.1) is 6.92 Å². The third kappa shape index (κ3) is 2.45. The number of aromatic nitrogens is 2. The highest BCUT2D eigenvalue weighted by Gasteiger charge is 2.26. The lowest BCUT2D eigenvalue weighted by Crippen LogP contribution is -2.57. The molecule has 0 aliphatic carbocycles. The Bertz CT molecular complexity index is 348. The van der Waals surface area contributed by atoms with Crippen LogP contribution in [0.3, 0.4) is 0 Å². The van der Waals surface area contributed by atoms with Crippen LogP contribution in [0.15, 0.2) is 12.3 Å². The van der Waals surface area contributed by atoms with Gasteiger partial charge in [0.05, 0.1) is 6.20 Å². The van der Waals surface area contributed by atoms with Crippen LogP contribution in [0.5, 0.6) is 0 Å². The van der Waals surface area contributed by atoms with E-state index in [0.29, 0.717) is 0 Å². The van der Waals surface area contributed by atoms with Gasteiger partial charge in [-0.05, 0) is 32.4 Å². The Morgan fingerprint density at radius 3 is 2.93 bits per heavy atom. The summed E-state index contributed by atoms with van der Waals surface area (Å²) in [5, 5.41) is 11.7. The second-order valence-corrected chi connectivity index (χ2v) is 4.82. The van der Waals surface area contributed by atoms with Gasteiger partial charge in [-0.2, -0.15) is 5.10 Å². The highest BCUT2D eigenvalue weighted by atomic mass is 15.3. The lowest BCUT2D eigenvalue weighted by Gasteiger charge is -2.39.